The SMILES string of the molecule is O=C(O)c1csc(-c2cccc(CNC(=O)[C@H]3CCCO3)c2)n1. The van der Waals surface area contributed by atoms with Crippen LogP contribution < -0.4 is 5.32 Å². The monoisotopic (exact) mass is 332 g/mol. The van der Waals surface area contributed by atoms with Gasteiger partial charge in [-0.3, -0.25) is 4.79 Å². The molecule has 0 radical (unpaired) electrons. The Morgan fingerprint density at radius 3 is 3.00 bits per heavy atom. The van der Waals surface area contributed by atoms with Crippen LogP contribution in [0.5, 0.6) is 0 Å². The number of aromatic carboxylic acids is 1. The lowest BCUT2D eigenvalue weighted by molar-refractivity contribution is -0.130. The highest BCUT2D eigenvalue weighted by molar-refractivity contribution is 7.13. The second-order valence-corrected chi connectivity index (χ2v) is 6.12. The molecule has 1 aliphatic heterocycles. The maximum Gasteiger partial charge on any atom is 0.355 e. The first-order valence-corrected chi connectivity index (χ1v) is 8.19. The first-order valence-electron chi connectivity index (χ1n) is 7.31. The average molecular weight is 332 g/mol. The number of aromatic nitrogens is 1. The van der Waals surface area contributed by atoms with Crippen LogP contribution in [0.1, 0.15) is 28.9 Å². The molecule has 23 heavy (non-hydrogen) atoms. The Morgan fingerprint density at radius 2 is 2.30 bits per heavy atom. The van der Waals surface area contributed by atoms with Gasteiger partial charge in [-0.25, -0.2) is 9.78 Å². The summed E-state index contributed by atoms with van der Waals surface area (Å²) in [6.45, 7) is 1.05. The predicted molar refractivity (Wildman–Crippen MR) is 85.3 cm³/mol. The zero-order valence-corrected chi connectivity index (χ0v) is 13.1. The van der Waals surface area contributed by atoms with Gasteiger partial charge in [0.25, 0.3) is 0 Å². The molecular formula is C16H16N2O4S. The molecule has 3 rings (SSSR count). The molecule has 0 aliphatic carbocycles. The third kappa shape index (κ3) is 3.75. The molecule has 1 aliphatic rings. The topological polar surface area (TPSA) is 88.5 Å². The van der Waals surface area contributed by atoms with Gasteiger partial charge in [0.1, 0.15) is 11.1 Å². The standard InChI is InChI=1S/C16H16N2O4S/c19-14(13-5-2-6-22-13)17-8-10-3-1-4-11(7-10)15-18-12(9-23-15)16(20)21/h1,3-4,7,9,13H,2,5-6,8H2,(H,17,19)(H,20,21)/t13-/m1/s1. The number of carbonyl (C=O) groups excluding carboxylic acids is 1. The van der Waals surface area contributed by atoms with Crippen LogP contribution in [0.4, 0.5) is 0 Å². The van der Waals surface area contributed by atoms with Crippen LogP contribution in [-0.2, 0) is 16.1 Å². The molecule has 2 N–H and O–H groups in total. The van der Waals surface area contributed by atoms with E-state index >= 15 is 0 Å². The minimum absolute atomic E-state index is 0.0436. The summed E-state index contributed by atoms with van der Waals surface area (Å²) in [5.74, 6) is -1.12. The molecule has 2 aromatic rings. The second-order valence-electron chi connectivity index (χ2n) is 5.26. The van der Waals surface area contributed by atoms with Gasteiger partial charge in [-0.2, -0.15) is 0 Å². The van der Waals surface area contributed by atoms with Crippen molar-refractivity contribution >= 4 is 23.2 Å². The first kappa shape index (κ1) is 15.6. The molecule has 1 amide bonds. The lowest BCUT2D eigenvalue weighted by atomic mass is 10.1. The van der Waals surface area contributed by atoms with E-state index in [9.17, 15) is 9.59 Å². The Balaban J connectivity index is 1.67. The van der Waals surface area contributed by atoms with E-state index in [-0.39, 0.29) is 17.7 Å². The fourth-order valence-electron chi connectivity index (χ4n) is 2.41. The van der Waals surface area contributed by atoms with Crippen molar-refractivity contribution in [2.75, 3.05) is 6.61 Å². The van der Waals surface area contributed by atoms with Crippen molar-refractivity contribution in [2.24, 2.45) is 0 Å². The molecule has 0 saturated carbocycles. The number of carboxylic acid groups (broad SMARTS) is 1. The van der Waals surface area contributed by atoms with E-state index in [0.717, 1.165) is 24.0 Å². The maximum atomic E-state index is 11.9. The summed E-state index contributed by atoms with van der Waals surface area (Å²) in [7, 11) is 0. The minimum atomic E-state index is -1.03. The number of carboxylic acids is 1. The Hall–Kier alpha value is -2.25. The van der Waals surface area contributed by atoms with E-state index in [4.69, 9.17) is 9.84 Å². The number of nitrogens with one attached hydrogen (secondary N) is 1. The normalized spacial score (nSPS) is 17.1. The minimum Gasteiger partial charge on any atom is -0.476 e. The first-order chi connectivity index (χ1) is 11.1. The number of hydrogen-bond acceptors (Lipinski definition) is 5. The van der Waals surface area contributed by atoms with E-state index in [1.807, 2.05) is 24.3 Å². The number of nitrogens with zero attached hydrogens (tertiary/aromatic N) is 1. The van der Waals surface area contributed by atoms with Crippen molar-refractivity contribution in [3.05, 3.63) is 40.9 Å². The van der Waals surface area contributed by atoms with Crippen molar-refractivity contribution in [3.8, 4) is 10.6 Å². The van der Waals surface area contributed by atoms with Gasteiger partial charge in [-0.15, -0.1) is 11.3 Å². The third-order valence-electron chi connectivity index (χ3n) is 3.59. The van der Waals surface area contributed by atoms with Gasteiger partial charge in [0.15, 0.2) is 5.69 Å². The number of rotatable bonds is 5. The van der Waals surface area contributed by atoms with Crippen molar-refractivity contribution in [2.45, 2.75) is 25.5 Å². The number of amides is 1. The van der Waals surface area contributed by atoms with Gasteiger partial charge >= 0.3 is 5.97 Å². The summed E-state index contributed by atoms with van der Waals surface area (Å²) >= 11 is 1.29. The summed E-state index contributed by atoms with van der Waals surface area (Å²) < 4.78 is 5.35. The van der Waals surface area contributed by atoms with Crippen molar-refractivity contribution in [1.29, 1.82) is 0 Å². The van der Waals surface area contributed by atoms with Gasteiger partial charge < -0.3 is 15.2 Å². The lowest BCUT2D eigenvalue weighted by Gasteiger charge is -2.10. The Labute approximate surface area is 137 Å². The largest absolute Gasteiger partial charge is 0.476 e. The van der Waals surface area contributed by atoms with E-state index in [0.29, 0.717) is 18.2 Å². The molecule has 120 valence electrons. The highest BCUT2D eigenvalue weighted by atomic mass is 32.1. The summed E-state index contributed by atoms with van der Waals surface area (Å²) in [5, 5.41) is 14.0. The quantitative estimate of drug-likeness (QED) is 0.877. The maximum absolute atomic E-state index is 11.9. The molecule has 1 aromatic carbocycles. The summed E-state index contributed by atoms with van der Waals surface area (Å²) in [6.07, 6.45) is 1.35. The number of benzene rings is 1. The summed E-state index contributed by atoms with van der Waals surface area (Å²) in [4.78, 5) is 26.9. The second kappa shape index (κ2) is 6.89. The Bertz CT molecular complexity index is 722. The number of hydrogen-bond donors (Lipinski definition) is 2. The average Bonchev–Trinajstić information content (AvgIpc) is 3.24. The molecule has 2 heterocycles. The van der Waals surface area contributed by atoms with E-state index in [1.165, 1.54) is 16.7 Å². The number of ether oxygens (including phenoxy) is 1. The third-order valence-corrected chi connectivity index (χ3v) is 4.48. The predicted octanol–water partition coefficient (Wildman–Crippen LogP) is 2.30. The number of thiazole rings is 1. The van der Waals surface area contributed by atoms with Crippen molar-refractivity contribution < 1.29 is 19.4 Å². The molecule has 0 spiro atoms. The van der Waals surface area contributed by atoms with Gasteiger partial charge in [0.2, 0.25) is 5.91 Å². The van der Waals surface area contributed by atoms with Crippen molar-refractivity contribution in [3.63, 3.8) is 0 Å². The van der Waals surface area contributed by atoms with Gasteiger partial charge in [-0.05, 0) is 24.5 Å². The molecule has 7 heteroatoms. The molecule has 6 nitrogen and oxygen atoms in total. The Kier molecular flexibility index (Phi) is 4.68. The van der Waals surface area contributed by atoms with Gasteiger partial charge in [0, 0.05) is 24.1 Å². The smallest absolute Gasteiger partial charge is 0.355 e. The van der Waals surface area contributed by atoms with Crippen LogP contribution in [0.2, 0.25) is 0 Å². The highest BCUT2D eigenvalue weighted by Crippen LogP contribution is 2.24. The molecule has 1 atom stereocenters. The highest BCUT2D eigenvalue weighted by Gasteiger charge is 2.23. The van der Waals surface area contributed by atoms with Crippen molar-refractivity contribution in [1.82, 2.24) is 10.3 Å². The fraction of sp³-hybridized carbons (Fsp3) is 0.312. The zero-order valence-electron chi connectivity index (χ0n) is 12.3. The summed E-state index contributed by atoms with van der Waals surface area (Å²) in [6, 6.07) is 7.55. The van der Waals surface area contributed by atoms with Crippen LogP contribution in [0, 0.1) is 0 Å². The lowest BCUT2D eigenvalue weighted by Crippen LogP contribution is -2.33. The van der Waals surface area contributed by atoms with Gasteiger partial charge in [-0.1, -0.05) is 18.2 Å². The molecule has 1 fully saturated rings. The van der Waals surface area contributed by atoms with E-state index in [1.54, 1.807) is 0 Å². The fourth-order valence-corrected chi connectivity index (χ4v) is 3.20. The molecule has 1 saturated heterocycles. The van der Waals surface area contributed by atoms with Crippen LogP contribution in [-0.4, -0.2) is 34.7 Å². The van der Waals surface area contributed by atoms with Crippen LogP contribution in [0.25, 0.3) is 10.6 Å². The Morgan fingerprint density at radius 1 is 1.43 bits per heavy atom. The molecular weight excluding hydrogens is 316 g/mol. The van der Waals surface area contributed by atoms with E-state index < -0.39 is 5.97 Å². The van der Waals surface area contributed by atoms with Crippen LogP contribution in [0.15, 0.2) is 29.6 Å². The van der Waals surface area contributed by atoms with Gasteiger partial charge in [0.05, 0.1) is 0 Å². The molecule has 1 aromatic heterocycles. The molecule has 0 bridgehead atoms. The van der Waals surface area contributed by atoms with Crippen LogP contribution in [0.3, 0.4) is 0 Å². The number of carbonyl (C=O) groups is 2. The zero-order chi connectivity index (χ0) is 16.2. The molecule has 0 unspecified atom stereocenters. The van der Waals surface area contributed by atoms with Crippen LogP contribution >= 0.6 is 11.3 Å². The van der Waals surface area contributed by atoms with E-state index in [2.05, 4.69) is 10.3 Å². The summed E-state index contributed by atoms with van der Waals surface area (Å²) in [5.41, 5.74) is 1.81.